The van der Waals surface area contributed by atoms with Crippen LogP contribution < -0.4 is 4.74 Å². The summed E-state index contributed by atoms with van der Waals surface area (Å²) in [5.74, 6) is -0.0813. The summed E-state index contributed by atoms with van der Waals surface area (Å²) in [6.07, 6.45) is 3.85. The molecule has 2 rings (SSSR count). The zero-order valence-corrected chi connectivity index (χ0v) is 12.5. The average Bonchev–Trinajstić information content (AvgIpc) is 3.06. The fourth-order valence-corrected chi connectivity index (χ4v) is 2.04. The highest BCUT2D eigenvalue weighted by atomic mass is 32.2. The molecule has 1 aliphatic carbocycles. The molecule has 0 saturated heterocycles. The molecule has 0 atom stereocenters. The number of aryl methyl sites for hydroxylation is 1. The molecule has 1 fully saturated rings. The standard InChI is InChI=1S/C13H18N2O3S/c1-5-17-11(16)9-8(2)14-12(19-4)15-10(9)18-13(3)6-7-13/h5-7H2,1-4H3. The van der Waals surface area contributed by atoms with Gasteiger partial charge in [-0.3, -0.25) is 0 Å². The van der Waals surface area contributed by atoms with Gasteiger partial charge in [-0.25, -0.2) is 9.78 Å². The second kappa shape index (κ2) is 5.36. The lowest BCUT2D eigenvalue weighted by Crippen LogP contribution is -2.19. The fourth-order valence-electron chi connectivity index (χ4n) is 1.64. The van der Waals surface area contributed by atoms with E-state index in [0.29, 0.717) is 28.9 Å². The van der Waals surface area contributed by atoms with E-state index in [9.17, 15) is 4.79 Å². The van der Waals surface area contributed by atoms with Crippen LogP contribution in [0, 0.1) is 6.92 Å². The normalized spacial score (nSPS) is 16.0. The van der Waals surface area contributed by atoms with Crippen LogP contribution in [0.5, 0.6) is 5.88 Å². The molecule has 6 heteroatoms. The summed E-state index contributed by atoms with van der Waals surface area (Å²) in [5.41, 5.74) is 0.738. The predicted molar refractivity (Wildman–Crippen MR) is 72.8 cm³/mol. The van der Waals surface area contributed by atoms with Crippen LogP contribution in [0.2, 0.25) is 0 Å². The van der Waals surface area contributed by atoms with E-state index in [2.05, 4.69) is 9.97 Å². The smallest absolute Gasteiger partial charge is 0.345 e. The lowest BCUT2D eigenvalue weighted by Gasteiger charge is -2.16. The Morgan fingerprint density at radius 3 is 2.63 bits per heavy atom. The molecule has 1 aromatic heterocycles. The van der Waals surface area contributed by atoms with Crippen LogP contribution in [0.1, 0.15) is 42.7 Å². The Labute approximate surface area is 117 Å². The van der Waals surface area contributed by atoms with Gasteiger partial charge in [0, 0.05) is 0 Å². The third-order valence-corrected chi connectivity index (χ3v) is 3.54. The molecule has 0 bridgehead atoms. The van der Waals surface area contributed by atoms with E-state index in [1.54, 1.807) is 13.8 Å². The zero-order valence-electron chi connectivity index (χ0n) is 11.6. The monoisotopic (exact) mass is 282 g/mol. The van der Waals surface area contributed by atoms with Crippen molar-refractivity contribution < 1.29 is 14.3 Å². The molecule has 5 nitrogen and oxygen atoms in total. The van der Waals surface area contributed by atoms with Gasteiger partial charge in [0.1, 0.15) is 11.2 Å². The molecule has 1 aliphatic rings. The molecule has 0 unspecified atom stereocenters. The van der Waals surface area contributed by atoms with Gasteiger partial charge in [-0.2, -0.15) is 4.98 Å². The highest BCUT2D eigenvalue weighted by Gasteiger charge is 2.41. The van der Waals surface area contributed by atoms with Gasteiger partial charge < -0.3 is 9.47 Å². The second-order valence-corrected chi connectivity index (χ2v) is 5.52. The summed E-state index contributed by atoms with van der Waals surface area (Å²) in [6.45, 7) is 5.88. The largest absolute Gasteiger partial charge is 0.471 e. The molecule has 104 valence electrons. The Morgan fingerprint density at radius 2 is 2.11 bits per heavy atom. The summed E-state index contributed by atoms with van der Waals surface area (Å²) < 4.78 is 10.9. The molecule has 1 saturated carbocycles. The minimum Gasteiger partial charge on any atom is -0.471 e. The van der Waals surface area contributed by atoms with Crippen LogP contribution in [0.4, 0.5) is 0 Å². The van der Waals surface area contributed by atoms with Crippen molar-refractivity contribution in [1.29, 1.82) is 0 Å². The first-order chi connectivity index (χ1) is 8.99. The number of hydrogen-bond acceptors (Lipinski definition) is 6. The molecule has 0 aromatic carbocycles. The molecule has 0 radical (unpaired) electrons. The van der Waals surface area contributed by atoms with Crippen LogP contribution in [0.15, 0.2) is 5.16 Å². The Hall–Kier alpha value is -1.30. The Bertz CT molecular complexity index is 501. The Kier molecular flexibility index (Phi) is 3.99. The van der Waals surface area contributed by atoms with Gasteiger partial charge in [0.05, 0.1) is 12.3 Å². The molecule has 19 heavy (non-hydrogen) atoms. The molecule has 1 aromatic rings. The predicted octanol–water partition coefficient (Wildman–Crippen LogP) is 2.61. The summed E-state index contributed by atoms with van der Waals surface area (Å²) in [4.78, 5) is 20.6. The van der Waals surface area contributed by atoms with E-state index >= 15 is 0 Å². The molecular formula is C13H18N2O3S. The van der Waals surface area contributed by atoms with E-state index < -0.39 is 5.97 Å². The van der Waals surface area contributed by atoms with Crippen LogP contribution in [0.25, 0.3) is 0 Å². The van der Waals surface area contributed by atoms with E-state index in [4.69, 9.17) is 9.47 Å². The number of ether oxygens (including phenoxy) is 2. The Balaban J connectivity index is 2.40. The van der Waals surface area contributed by atoms with Gasteiger partial charge in [-0.05, 0) is 39.9 Å². The fraction of sp³-hybridized carbons (Fsp3) is 0.615. The van der Waals surface area contributed by atoms with Gasteiger partial charge in [-0.15, -0.1) is 0 Å². The number of carbonyl (C=O) groups excluding carboxylic acids is 1. The maximum atomic E-state index is 12.0. The highest BCUT2D eigenvalue weighted by Crippen LogP contribution is 2.40. The number of aromatic nitrogens is 2. The van der Waals surface area contributed by atoms with Crippen LogP contribution in [-0.4, -0.2) is 34.4 Å². The SMILES string of the molecule is CCOC(=O)c1c(C)nc(SC)nc1OC1(C)CC1. The van der Waals surface area contributed by atoms with Crippen molar-refractivity contribution in [3.05, 3.63) is 11.3 Å². The van der Waals surface area contributed by atoms with Gasteiger partial charge in [0.15, 0.2) is 5.16 Å². The summed E-state index contributed by atoms with van der Waals surface area (Å²) >= 11 is 1.42. The first kappa shape index (κ1) is 14.1. The maximum absolute atomic E-state index is 12.0. The number of hydrogen-bond donors (Lipinski definition) is 0. The molecule has 0 spiro atoms. The van der Waals surface area contributed by atoms with Gasteiger partial charge in [-0.1, -0.05) is 11.8 Å². The van der Waals surface area contributed by atoms with Crippen molar-refractivity contribution in [2.75, 3.05) is 12.9 Å². The van der Waals surface area contributed by atoms with E-state index in [1.807, 2.05) is 13.2 Å². The molecule has 0 N–H and O–H groups in total. The van der Waals surface area contributed by atoms with Crippen molar-refractivity contribution in [1.82, 2.24) is 9.97 Å². The maximum Gasteiger partial charge on any atom is 0.345 e. The third kappa shape index (κ3) is 3.18. The number of nitrogens with zero attached hydrogens (tertiary/aromatic N) is 2. The first-order valence-electron chi connectivity index (χ1n) is 6.28. The molecule has 0 aliphatic heterocycles. The minimum absolute atomic E-state index is 0.197. The zero-order chi connectivity index (χ0) is 14.0. The summed E-state index contributed by atoms with van der Waals surface area (Å²) in [7, 11) is 0. The van der Waals surface area contributed by atoms with Crippen molar-refractivity contribution in [3.8, 4) is 5.88 Å². The van der Waals surface area contributed by atoms with Crippen LogP contribution in [-0.2, 0) is 4.74 Å². The van der Waals surface area contributed by atoms with Gasteiger partial charge in [0.2, 0.25) is 5.88 Å². The number of carbonyl (C=O) groups is 1. The Morgan fingerprint density at radius 1 is 1.42 bits per heavy atom. The molecule has 1 heterocycles. The molecular weight excluding hydrogens is 264 g/mol. The first-order valence-corrected chi connectivity index (χ1v) is 7.50. The van der Waals surface area contributed by atoms with Crippen molar-refractivity contribution >= 4 is 17.7 Å². The molecule has 0 amide bonds. The van der Waals surface area contributed by atoms with Crippen molar-refractivity contribution in [2.45, 2.75) is 44.4 Å². The third-order valence-electron chi connectivity index (χ3n) is 3.00. The van der Waals surface area contributed by atoms with E-state index in [1.165, 1.54) is 11.8 Å². The summed E-state index contributed by atoms with van der Waals surface area (Å²) in [6, 6.07) is 0. The minimum atomic E-state index is -0.424. The summed E-state index contributed by atoms with van der Waals surface area (Å²) in [5, 5.41) is 0.602. The average molecular weight is 282 g/mol. The van der Waals surface area contributed by atoms with Crippen LogP contribution >= 0.6 is 11.8 Å². The van der Waals surface area contributed by atoms with Crippen molar-refractivity contribution in [3.63, 3.8) is 0 Å². The highest BCUT2D eigenvalue weighted by molar-refractivity contribution is 7.98. The van der Waals surface area contributed by atoms with Crippen LogP contribution in [0.3, 0.4) is 0 Å². The van der Waals surface area contributed by atoms with Gasteiger partial charge in [0.25, 0.3) is 0 Å². The van der Waals surface area contributed by atoms with Crippen molar-refractivity contribution in [2.24, 2.45) is 0 Å². The lowest BCUT2D eigenvalue weighted by atomic mass is 10.2. The van der Waals surface area contributed by atoms with Gasteiger partial charge >= 0.3 is 5.97 Å². The number of thioether (sulfide) groups is 1. The lowest BCUT2D eigenvalue weighted by molar-refractivity contribution is 0.0514. The van der Waals surface area contributed by atoms with E-state index in [-0.39, 0.29) is 5.60 Å². The second-order valence-electron chi connectivity index (χ2n) is 4.75. The number of rotatable bonds is 5. The van der Waals surface area contributed by atoms with E-state index in [0.717, 1.165) is 12.8 Å². The topological polar surface area (TPSA) is 61.3 Å². The quantitative estimate of drug-likeness (QED) is 0.470. The number of esters is 1.